The van der Waals surface area contributed by atoms with Gasteiger partial charge in [0, 0.05) is 25.0 Å². The first-order valence-corrected chi connectivity index (χ1v) is 9.04. The number of carbonyl (C=O) groups is 2. The molecular formula is C17H24N2O3S. The molecule has 5 nitrogen and oxygen atoms in total. The van der Waals surface area contributed by atoms with E-state index in [1.807, 2.05) is 43.2 Å². The molecule has 2 aliphatic rings. The van der Waals surface area contributed by atoms with Crippen molar-refractivity contribution in [2.24, 2.45) is 11.8 Å². The zero-order chi connectivity index (χ0) is 16.6. The summed E-state index contributed by atoms with van der Waals surface area (Å²) in [6.07, 6.45) is 1.67. The van der Waals surface area contributed by atoms with Crippen LogP contribution in [0.1, 0.15) is 43.3 Å². The molecule has 2 fully saturated rings. The van der Waals surface area contributed by atoms with Crippen molar-refractivity contribution in [1.82, 2.24) is 10.2 Å². The first-order chi connectivity index (χ1) is 10.8. The summed E-state index contributed by atoms with van der Waals surface area (Å²) in [6, 6.07) is 3.88. The number of thiophene rings is 1. The van der Waals surface area contributed by atoms with E-state index < -0.39 is 5.60 Å². The highest BCUT2D eigenvalue weighted by molar-refractivity contribution is 7.12. The molecule has 0 bridgehead atoms. The summed E-state index contributed by atoms with van der Waals surface area (Å²) in [6.45, 7) is 7.11. The van der Waals surface area contributed by atoms with Gasteiger partial charge in [-0.25, -0.2) is 4.79 Å². The lowest BCUT2D eigenvalue weighted by Gasteiger charge is -2.24. The van der Waals surface area contributed by atoms with Gasteiger partial charge in [0.05, 0.1) is 4.88 Å². The highest BCUT2D eigenvalue weighted by atomic mass is 32.1. The van der Waals surface area contributed by atoms with E-state index in [1.54, 1.807) is 0 Å². The van der Waals surface area contributed by atoms with Crippen molar-refractivity contribution in [1.29, 1.82) is 0 Å². The predicted molar refractivity (Wildman–Crippen MR) is 89.6 cm³/mol. The molecule has 1 aliphatic heterocycles. The molecule has 1 aromatic rings. The summed E-state index contributed by atoms with van der Waals surface area (Å²) in [5, 5.41) is 4.93. The number of ether oxygens (including phenoxy) is 1. The van der Waals surface area contributed by atoms with Crippen molar-refractivity contribution >= 4 is 23.3 Å². The largest absolute Gasteiger partial charge is 0.444 e. The Balaban J connectivity index is 1.59. The van der Waals surface area contributed by atoms with Crippen molar-refractivity contribution in [3.63, 3.8) is 0 Å². The lowest BCUT2D eigenvalue weighted by molar-refractivity contribution is 0.0491. The minimum atomic E-state index is -0.487. The molecule has 1 aromatic heterocycles. The van der Waals surface area contributed by atoms with E-state index in [0.717, 1.165) is 30.8 Å². The molecule has 3 atom stereocenters. The quantitative estimate of drug-likeness (QED) is 0.903. The van der Waals surface area contributed by atoms with Crippen molar-refractivity contribution < 1.29 is 14.3 Å². The highest BCUT2D eigenvalue weighted by Crippen LogP contribution is 2.39. The van der Waals surface area contributed by atoms with Crippen molar-refractivity contribution in [2.75, 3.05) is 13.1 Å². The average molecular weight is 336 g/mol. The third-order valence-corrected chi connectivity index (χ3v) is 5.44. The molecule has 126 valence electrons. The van der Waals surface area contributed by atoms with Crippen molar-refractivity contribution in [3.05, 3.63) is 22.4 Å². The molecule has 23 heavy (non-hydrogen) atoms. The molecule has 1 saturated heterocycles. The Hall–Kier alpha value is -1.56. The maximum Gasteiger partial charge on any atom is 0.407 e. The summed E-state index contributed by atoms with van der Waals surface area (Å²) in [5.74, 6) is 0.940. The fourth-order valence-corrected chi connectivity index (χ4v) is 4.32. The maximum atomic E-state index is 12.5. The smallest absolute Gasteiger partial charge is 0.407 e. The number of nitrogens with one attached hydrogen (secondary N) is 1. The number of nitrogens with zero attached hydrogens (tertiary/aromatic N) is 1. The Bertz CT molecular complexity index is 579. The summed E-state index contributed by atoms with van der Waals surface area (Å²) in [5.41, 5.74) is -0.487. The Morgan fingerprint density at radius 2 is 2.09 bits per heavy atom. The second kappa shape index (κ2) is 6.15. The van der Waals surface area contributed by atoms with Gasteiger partial charge in [-0.15, -0.1) is 11.3 Å². The van der Waals surface area contributed by atoms with Crippen LogP contribution in [0.25, 0.3) is 0 Å². The van der Waals surface area contributed by atoms with Gasteiger partial charge >= 0.3 is 6.09 Å². The first-order valence-electron chi connectivity index (χ1n) is 8.16. The average Bonchev–Trinajstić information content (AvgIpc) is 3.13. The number of fused-ring (bicyclic) bond motifs is 1. The zero-order valence-electron chi connectivity index (χ0n) is 13.9. The van der Waals surface area contributed by atoms with Gasteiger partial charge in [0.15, 0.2) is 0 Å². The summed E-state index contributed by atoms with van der Waals surface area (Å²) < 4.78 is 5.35. The van der Waals surface area contributed by atoms with E-state index in [-0.39, 0.29) is 18.0 Å². The first kappa shape index (κ1) is 16.3. The number of amides is 2. The fraction of sp³-hybridized carbons (Fsp3) is 0.647. The van der Waals surface area contributed by atoms with Gasteiger partial charge in [-0.1, -0.05) is 6.07 Å². The van der Waals surface area contributed by atoms with Crippen LogP contribution in [0.4, 0.5) is 4.79 Å². The molecule has 2 heterocycles. The van der Waals surface area contributed by atoms with Crippen LogP contribution in [0.3, 0.4) is 0 Å². The molecule has 1 saturated carbocycles. The van der Waals surface area contributed by atoms with E-state index in [9.17, 15) is 9.59 Å². The lowest BCUT2D eigenvalue weighted by Crippen LogP contribution is -2.42. The number of carbonyl (C=O) groups excluding carboxylic acids is 2. The SMILES string of the molecule is CC(C)(C)OC(=O)NC1CCC2CN(C(=O)c3cccs3)CC21. The number of likely N-dealkylation sites (tertiary alicyclic amines) is 1. The number of alkyl carbamates (subject to hydrolysis) is 1. The van der Waals surface area contributed by atoms with Crippen LogP contribution in [0.15, 0.2) is 17.5 Å². The minimum absolute atomic E-state index is 0.107. The Labute approximate surface area is 141 Å². The monoisotopic (exact) mass is 336 g/mol. The molecule has 0 aromatic carbocycles. The van der Waals surface area contributed by atoms with Gasteiger partial charge in [0.1, 0.15) is 5.60 Å². The molecule has 0 radical (unpaired) electrons. The number of hydrogen-bond donors (Lipinski definition) is 1. The van der Waals surface area contributed by atoms with Gasteiger partial charge in [-0.05, 0) is 51.0 Å². The third-order valence-electron chi connectivity index (χ3n) is 4.58. The van der Waals surface area contributed by atoms with Crippen LogP contribution in [-0.2, 0) is 4.74 Å². The Morgan fingerprint density at radius 1 is 1.30 bits per heavy atom. The Kier molecular flexibility index (Phi) is 4.36. The van der Waals surface area contributed by atoms with Gasteiger partial charge in [-0.2, -0.15) is 0 Å². The predicted octanol–water partition coefficient (Wildman–Crippen LogP) is 3.12. The lowest BCUT2D eigenvalue weighted by atomic mass is 9.98. The molecule has 0 spiro atoms. The van der Waals surface area contributed by atoms with Crippen LogP contribution >= 0.6 is 11.3 Å². The normalized spacial score (nSPS) is 26.9. The zero-order valence-corrected chi connectivity index (χ0v) is 14.7. The molecule has 1 aliphatic carbocycles. The van der Waals surface area contributed by atoms with Crippen LogP contribution < -0.4 is 5.32 Å². The van der Waals surface area contributed by atoms with Crippen LogP contribution in [0.2, 0.25) is 0 Å². The molecular weight excluding hydrogens is 312 g/mol. The second-order valence-corrected chi connectivity index (χ2v) is 8.39. The second-order valence-electron chi connectivity index (χ2n) is 7.44. The van der Waals surface area contributed by atoms with Gasteiger partial charge < -0.3 is 15.0 Å². The van der Waals surface area contributed by atoms with Gasteiger partial charge in [-0.3, -0.25) is 4.79 Å². The van der Waals surface area contributed by atoms with Gasteiger partial charge in [0.25, 0.3) is 5.91 Å². The Morgan fingerprint density at radius 3 is 2.74 bits per heavy atom. The standard InChI is InChI=1S/C17H24N2O3S/c1-17(2,3)22-16(21)18-13-7-6-11-9-19(10-12(11)13)15(20)14-5-4-8-23-14/h4-5,8,11-13H,6-7,9-10H2,1-3H3,(H,18,21). The molecule has 3 rings (SSSR count). The highest BCUT2D eigenvalue weighted by Gasteiger charge is 2.45. The molecule has 1 N–H and O–H groups in total. The number of hydrogen-bond acceptors (Lipinski definition) is 4. The van der Waals surface area contributed by atoms with E-state index in [2.05, 4.69) is 5.32 Å². The fourth-order valence-electron chi connectivity index (χ4n) is 3.63. The van der Waals surface area contributed by atoms with Crippen molar-refractivity contribution in [2.45, 2.75) is 45.3 Å². The molecule has 2 amide bonds. The minimum Gasteiger partial charge on any atom is -0.444 e. The number of rotatable bonds is 2. The van der Waals surface area contributed by atoms with Crippen molar-refractivity contribution in [3.8, 4) is 0 Å². The van der Waals surface area contributed by atoms with E-state index in [4.69, 9.17) is 4.74 Å². The summed E-state index contributed by atoms with van der Waals surface area (Å²) in [7, 11) is 0. The summed E-state index contributed by atoms with van der Waals surface area (Å²) >= 11 is 1.48. The van der Waals surface area contributed by atoms with E-state index in [1.165, 1.54) is 11.3 Å². The maximum absolute atomic E-state index is 12.5. The van der Waals surface area contributed by atoms with E-state index >= 15 is 0 Å². The van der Waals surface area contributed by atoms with Gasteiger partial charge in [0.2, 0.25) is 0 Å². The topological polar surface area (TPSA) is 58.6 Å². The molecule has 3 unspecified atom stereocenters. The van der Waals surface area contributed by atoms with Crippen LogP contribution in [0.5, 0.6) is 0 Å². The van der Waals surface area contributed by atoms with Crippen LogP contribution in [-0.4, -0.2) is 41.6 Å². The molecule has 6 heteroatoms. The summed E-state index contributed by atoms with van der Waals surface area (Å²) in [4.78, 5) is 27.2. The van der Waals surface area contributed by atoms with E-state index in [0.29, 0.717) is 11.8 Å². The third kappa shape index (κ3) is 3.68. The van der Waals surface area contributed by atoms with Crippen LogP contribution in [0, 0.1) is 11.8 Å².